The molecule has 0 aliphatic heterocycles. The molecule has 0 atom stereocenters. The first kappa shape index (κ1) is 14.3. The van der Waals surface area contributed by atoms with Gasteiger partial charge in [0.25, 0.3) is 0 Å². The molecule has 0 unspecified atom stereocenters. The zero-order chi connectivity index (χ0) is 14.6. The summed E-state index contributed by atoms with van der Waals surface area (Å²) in [6.45, 7) is 3.99. The summed E-state index contributed by atoms with van der Waals surface area (Å²) in [5.41, 5.74) is 7.97. The Kier molecular flexibility index (Phi) is 4.20. The molecule has 0 fully saturated rings. The molecular formula is C17H20N2O. The van der Waals surface area contributed by atoms with Crippen molar-refractivity contribution < 1.29 is 4.79 Å². The van der Waals surface area contributed by atoms with Crippen molar-refractivity contribution >= 4 is 11.6 Å². The molecule has 0 radical (unpaired) electrons. The summed E-state index contributed by atoms with van der Waals surface area (Å²) in [5, 5.41) is 2.98. The summed E-state index contributed by atoms with van der Waals surface area (Å²) >= 11 is 0. The highest BCUT2D eigenvalue weighted by Crippen LogP contribution is 2.28. The molecule has 3 N–H and O–H groups in total. The molecule has 0 aliphatic rings. The Hall–Kier alpha value is -2.13. The molecule has 3 nitrogen and oxygen atoms in total. The highest BCUT2D eigenvalue weighted by molar-refractivity contribution is 5.98. The topological polar surface area (TPSA) is 55.1 Å². The molecule has 1 amide bonds. The number of para-hydroxylation sites is 1. The van der Waals surface area contributed by atoms with E-state index >= 15 is 0 Å². The summed E-state index contributed by atoms with van der Waals surface area (Å²) in [6, 6.07) is 17.8. The van der Waals surface area contributed by atoms with Gasteiger partial charge in [0.1, 0.15) is 0 Å². The van der Waals surface area contributed by atoms with E-state index in [-0.39, 0.29) is 5.91 Å². The van der Waals surface area contributed by atoms with Crippen molar-refractivity contribution in [2.75, 3.05) is 11.9 Å². The Morgan fingerprint density at radius 3 is 2.30 bits per heavy atom. The van der Waals surface area contributed by atoms with Crippen molar-refractivity contribution in [1.82, 2.24) is 0 Å². The van der Waals surface area contributed by atoms with Gasteiger partial charge in [-0.3, -0.25) is 4.79 Å². The predicted octanol–water partition coefficient (Wildman–Crippen LogP) is 3.28. The molecule has 104 valence electrons. The number of carbonyl (C=O) groups is 1. The summed E-state index contributed by atoms with van der Waals surface area (Å²) in [4.78, 5) is 12.3. The first-order valence-corrected chi connectivity index (χ1v) is 6.70. The van der Waals surface area contributed by atoms with Crippen LogP contribution in [0.5, 0.6) is 0 Å². The number of carbonyl (C=O) groups excluding carboxylic acids is 1. The Morgan fingerprint density at radius 1 is 1.05 bits per heavy atom. The highest BCUT2D eigenvalue weighted by atomic mass is 16.2. The van der Waals surface area contributed by atoms with Gasteiger partial charge in [0, 0.05) is 17.8 Å². The van der Waals surface area contributed by atoms with Crippen LogP contribution in [0.3, 0.4) is 0 Å². The Bertz CT molecular complexity index is 591. The summed E-state index contributed by atoms with van der Waals surface area (Å²) < 4.78 is 0. The number of rotatable bonds is 4. The first-order chi connectivity index (χ1) is 9.54. The minimum atomic E-state index is -0.580. The zero-order valence-corrected chi connectivity index (χ0v) is 11.9. The molecule has 0 saturated heterocycles. The van der Waals surface area contributed by atoms with E-state index in [1.54, 1.807) is 0 Å². The summed E-state index contributed by atoms with van der Waals surface area (Å²) in [7, 11) is 0. The molecule has 20 heavy (non-hydrogen) atoms. The van der Waals surface area contributed by atoms with Crippen molar-refractivity contribution in [3.63, 3.8) is 0 Å². The van der Waals surface area contributed by atoms with Crippen molar-refractivity contribution in [2.45, 2.75) is 13.8 Å². The molecule has 3 heteroatoms. The standard InChI is InChI=1S/C17H20N2O/c1-17(2,12-18)16(20)19-15-11-7-6-10-14(15)13-8-4-3-5-9-13/h3-11H,12,18H2,1-2H3,(H,19,20). The van der Waals surface area contributed by atoms with Crippen molar-refractivity contribution in [3.8, 4) is 11.1 Å². The highest BCUT2D eigenvalue weighted by Gasteiger charge is 2.26. The largest absolute Gasteiger partial charge is 0.329 e. The number of hydrogen-bond donors (Lipinski definition) is 2. The van der Waals surface area contributed by atoms with Crippen molar-refractivity contribution in [1.29, 1.82) is 0 Å². The van der Waals surface area contributed by atoms with Gasteiger partial charge in [0.05, 0.1) is 5.41 Å². The number of nitrogens with one attached hydrogen (secondary N) is 1. The van der Waals surface area contributed by atoms with Gasteiger partial charge >= 0.3 is 0 Å². The molecule has 0 saturated carbocycles. The van der Waals surface area contributed by atoms with Gasteiger partial charge < -0.3 is 11.1 Å². The van der Waals surface area contributed by atoms with Gasteiger partial charge in [0.15, 0.2) is 0 Å². The van der Waals surface area contributed by atoms with Gasteiger partial charge in [0.2, 0.25) is 5.91 Å². The molecule has 0 bridgehead atoms. The zero-order valence-electron chi connectivity index (χ0n) is 11.9. The molecule has 0 spiro atoms. The smallest absolute Gasteiger partial charge is 0.231 e. The van der Waals surface area contributed by atoms with Crippen LogP contribution in [-0.4, -0.2) is 12.5 Å². The maximum absolute atomic E-state index is 12.3. The van der Waals surface area contributed by atoms with Crippen LogP contribution in [0.25, 0.3) is 11.1 Å². The normalized spacial score (nSPS) is 11.2. The fourth-order valence-corrected chi connectivity index (χ4v) is 1.85. The molecule has 2 aromatic carbocycles. The molecule has 0 aliphatic carbocycles. The lowest BCUT2D eigenvalue weighted by atomic mass is 9.92. The van der Waals surface area contributed by atoms with Crippen LogP contribution < -0.4 is 11.1 Å². The van der Waals surface area contributed by atoms with E-state index in [2.05, 4.69) is 5.32 Å². The van der Waals surface area contributed by atoms with E-state index < -0.39 is 5.41 Å². The van der Waals surface area contributed by atoms with Crippen molar-refractivity contribution in [2.24, 2.45) is 11.1 Å². The van der Waals surface area contributed by atoms with Gasteiger partial charge in [-0.1, -0.05) is 48.5 Å². The van der Waals surface area contributed by atoms with Crippen LogP contribution in [0, 0.1) is 5.41 Å². The van der Waals surface area contributed by atoms with E-state index in [1.165, 1.54) is 0 Å². The third-order valence-electron chi connectivity index (χ3n) is 3.39. The van der Waals surface area contributed by atoms with Gasteiger partial charge in [-0.2, -0.15) is 0 Å². The average molecular weight is 268 g/mol. The SMILES string of the molecule is CC(C)(CN)C(=O)Nc1ccccc1-c1ccccc1. The van der Waals surface area contributed by atoms with Crippen molar-refractivity contribution in [3.05, 3.63) is 54.6 Å². The Morgan fingerprint density at radius 2 is 1.65 bits per heavy atom. The quantitative estimate of drug-likeness (QED) is 0.894. The van der Waals surface area contributed by atoms with Gasteiger partial charge in [-0.25, -0.2) is 0 Å². The second-order valence-electron chi connectivity index (χ2n) is 5.45. The monoisotopic (exact) mass is 268 g/mol. The number of nitrogens with two attached hydrogens (primary N) is 1. The maximum Gasteiger partial charge on any atom is 0.231 e. The number of benzene rings is 2. The fourth-order valence-electron chi connectivity index (χ4n) is 1.85. The Balaban J connectivity index is 2.33. The number of anilines is 1. The van der Waals surface area contributed by atoms with Gasteiger partial charge in [-0.15, -0.1) is 0 Å². The third-order valence-corrected chi connectivity index (χ3v) is 3.39. The minimum Gasteiger partial charge on any atom is -0.329 e. The molecular weight excluding hydrogens is 248 g/mol. The second-order valence-corrected chi connectivity index (χ2v) is 5.45. The summed E-state index contributed by atoms with van der Waals surface area (Å²) in [6.07, 6.45) is 0. The van der Waals surface area contributed by atoms with Crippen LogP contribution in [0.2, 0.25) is 0 Å². The molecule has 0 aromatic heterocycles. The van der Waals surface area contributed by atoms with E-state index in [0.29, 0.717) is 6.54 Å². The minimum absolute atomic E-state index is 0.0663. The van der Waals surface area contributed by atoms with Crippen LogP contribution in [0.15, 0.2) is 54.6 Å². The number of amides is 1. The van der Waals surface area contributed by atoms with E-state index in [9.17, 15) is 4.79 Å². The molecule has 2 aromatic rings. The van der Waals surface area contributed by atoms with Crippen LogP contribution >= 0.6 is 0 Å². The number of hydrogen-bond acceptors (Lipinski definition) is 2. The lowest BCUT2D eigenvalue weighted by Crippen LogP contribution is -2.37. The van der Waals surface area contributed by atoms with Gasteiger partial charge in [-0.05, 0) is 25.5 Å². The lowest BCUT2D eigenvalue weighted by molar-refractivity contribution is -0.123. The third kappa shape index (κ3) is 3.06. The Labute approximate surface area is 119 Å². The van der Waals surface area contributed by atoms with E-state index in [1.807, 2.05) is 68.4 Å². The van der Waals surface area contributed by atoms with Crippen LogP contribution in [0.4, 0.5) is 5.69 Å². The van der Waals surface area contributed by atoms with Crippen LogP contribution in [-0.2, 0) is 4.79 Å². The lowest BCUT2D eigenvalue weighted by Gasteiger charge is -2.22. The maximum atomic E-state index is 12.3. The second kappa shape index (κ2) is 5.88. The fraction of sp³-hybridized carbons (Fsp3) is 0.235. The predicted molar refractivity (Wildman–Crippen MR) is 83.3 cm³/mol. The molecule has 2 rings (SSSR count). The van der Waals surface area contributed by atoms with Crippen LogP contribution in [0.1, 0.15) is 13.8 Å². The summed E-state index contributed by atoms with van der Waals surface area (Å²) in [5.74, 6) is -0.0663. The first-order valence-electron chi connectivity index (χ1n) is 6.70. The van der Waals surface area contributed by atoms with E-state index in [4.69, 9.17) is 5.73 Å². The van der Waals surface area contributed by atoms with E-state index in [0.717, 1.165) is 16.8 Å². The molecule has 0 heterocycles. The average Bonchev–Trinajstić information content (AvgIpc) is 2.48.